The first-order valence-corrected chi connectivity index (χ1v) is 13.1. The monoisotopic (exact) mass is 480 g/mol. The van der Waals surface area contributed by atoms with Gasteiger partial charge in [0.2, 0.25) is 10.0 Å². The molecule has 2 unspecified atom stereocenters. The third-order valence-electron chi connectivity index (χ3n) is 6.61. The lowest BCUT2D eigenvalue weighted by Gasteiger charge is -2.25. The molecule has 0 heterocycles. The van der Waals surface area contributed by atoms with E-state index in [0.717, 1.165) is 42.5 Å². The van der Waals surface area contributed by atoms with Gasteiger partial charge in [-0.05, 0) is 92.1 Å². The molecule has 2 aromatic carbocycles. The molecule has 2 N–H and O–H groups in total. The van der Waals surface area contributed by atoms with E-state index in [0.29, 0.717) is 23.8 Å². The Morgan fingerprint density at radius 1 is 1.22 bits per heavy atom. The first-order chi connectivity index (χ1) is 15.4. The maximum Gasteiger partial charge on any atom is 0.214 e. The van der Waals surface area contributed by atoms with Crippen LogP contribution in [0.3, 0.4) is 0 Å². The molecular weight excluding hydrogens is 451 g/mol. The number of fused-ring (bicyclic) bond motifs is 1. The zero-order valence-corrected chi connectivity index (χ0v) is 19.8. The van der Waals surface area contributed by atoms with Crippen molar-refractivity contribution < 1.29 is 17.5 Å². The third-order valence-corrected chi connectivity index (χ3v) is 8.80. The van der Waals surface area contributed by atoms with E-state index in [2.05, 4.69) is 16.1 Å². The Bertz CT molecular complexity index is 1060. The molecule has 2 aliphatic rings. The molecule has 174 valence electrons. The summed E-state index contributed by atoms with van der Waals surface area (Å²) in [7, 11) is -1.37. The summed E-state index contributed by atoms with van der Waals surface area (Å²) in [5, 5.41) is 3.67. The van der Waals surface area contributed by atoms with Gasteiger partial charge in [-0.1, -0.05) is 30.2 Å². The van der Waals surface area contributed by atoms with Crippen LogP contribution in [0.15, 0.2) is 36.4 Å². The highest BCUT2D eigenvalue weighted by Gasteiger charge is 2.34. The van der Waals surface area contributed by atoms with E-state index in [1.54, 1.807) is 12.1 Å². The average molecular weight is 481 g/mol. The van der Waals surface area contributed by atoms with Crippen LogP contribution in [0.1, 0.15) is 41.9 Å². The fourth-order valence-electron chi connectivity index (χ4n) is 4.74. The predicted octanol–water partition coefficient (Wildman–Crippen LogP) is 4.05. The zero-order chi connectivity index (χ0) is 22.7. The Morgan fingerprint density at radius 2 is 2.03 bits per heavy atom. The van der Waals surface area contributed by atoms with Gasteiger partial charge in [-0.3, -0.25) is 0 Å². The van der Waals surface area contributed by atoms with Crippen molar-refractivity contribution >= 4 is 21.6 Å². The molecule has 0 radical (unpaired) electrons. The largest absolute Gasteiger partial charge is 0.489 e. The van der Waals surface area contributed by atoms with E-state index in [4.69, 9.17) is 16.3 Å². The van der Waals surface area contributed by atoms with Crippen LogP contribution in [0.5, 0.6) is 5.75 Å². The number of halogens is 2. The molecule has 1 fully saturated rings. The van der Waals surface area contributed by atoms with Crippen molar-refractivity contribution in [3.8, 4) is 5.75 Å². The fraction of sp³-hybridized carbons (Fsp3) is 0.500. The SMILES string of the molecule is CNCC1Cc2cc(F)c(OCCNS(=O)(=O)C3CCC3)cc2C1Cc1cccc(Cl)c1. The van der Waals surface area contributed by atoms with Gasteiger partial charge in [-0.15, -0.1) is 0 Å². The van der Waals surface area contributed by atoms with Crippen LogP contribution in [-0.2, 0) is 22.9 Å². The molecule has 0 aliphatic heterocycles. The second-order valence-electron chi connectivity index (χ2n) is 8.78. The van der Waals surface area contributed by atoms with Gasteiger partial charge in [0.25, 0.3) is 0 Å². The number of rotatable bonds is 10. The summed E-state index contributed by atoms with van der Waals surface area (Å²) >= 11 is 6.18. The molecule has 0 bridgehead atoms. The summed E-state index contributed by atoms with van der Waals surface area (Å²) < 4.78 is 47.2. The molecule has 2 aliphatic carbocycles. The van der Waals surface area contributed by atoms with Crippen molar-refractivity contribution in [2.45, 2.75) is 43.3 Å². The van der Waals surface area contributed by atoms with Gasteiger partial charge in [-0.25, -0.2) is 17.5 Å². The van der Waals surface area contributed by atoms with Crippen molar-refractivity contribution in [3.05, 3.63) is 63.9 Å². The van der Waals surface area contributed by atoms with E-state index in [-0.39, 0.29) is 30.1 Å². The highest BCUT2D eigenvalue weighted by atomic mass is 35.5. The van der Waals surface area contributed by atoms with Gasteiger partial charge in [0.15, 0.2) is 11.6 Å². The van der Waals surface area contributed by atoms with E-state index in [9.17, 15) is 12.8 Å². The Kier molecular flexibility index (Phi) is 7.40. The maximum atomic E-state index is 14.7. The summed E-state index contributed by atoms with van der Waals surface area (Å²) in [6.45, 7) is 1.05. The van der Waals surface area contributed by atoms with Gasteiger partial charge in [0.1, 0.15) is 6.61 Å². The first kappa shape index (κ1) is 23.5. The van der Waals surface area contributed by atoms with Crippen LogP contribution in [0, 0.1) is 11.7 Å². The molecule has 0 saturated heterocycles. The molecule has 1 saturated carbocycles. The number of nitrogens with one attached hydrogen (secondary N) is 2. The number of hydrogen-bond donors (Lipinski definition) is 2. The minimum Gasteiger partial charge on any atom is -0.489 e. The lowest BCUT2D eigenvalue weighted by Crippen LogP contribution is -2.40. The molecule has 2 atom stereocenters. The Hall–Kier alpha value is -1.67. The van der Waals surface area contributed by atoms with Crippen molar-refractivity contribution in [1.82, 2.24) is 10.0 Å². The summed E-state index contributed by atoms with van der Waals surface area (Å²) in [6, 6.07) is 11.2. The lowest BCUT2D eigenvalue weighted by atomic mass is 9.86. The number of sulfonamides is 1. The maximum absolute atomic E-state index is 14.7. The predicted molar refractivity (Wildman–Crippen MR) is 125 cm³/mol. The first-order valence-electron chi connectivity index (χ1n) is 11.2. The Morgan fingerprint density at radius 3 is 2.72 bits per heavy atom. The van der Waals surface area contributed by atoms with Crippen molar-refractivity contribution in [2.75, 3.05) is 26.7 Å². The third kappa shape index (κ3) is 5.28. The Balaban J connectivity index is 1.46. The average Bonchev–Trinajstić information content (AvgIpc) is 3.00. The molecule has 4 rings (SSSR count). The summed E-state index contributed by atoms with van der Waals surface area (Å²) in [5.41, 5.74) is 3.25. The smallest absolute Gasteiger partial charge is 0.214 e. The van der Waals surface area contributed by atoms with Crippen LogP contribution in [-0.4, -0.2) is 40.4 Å². The molecule has 8 heteroatoms. The number of ether oxygens (including phenoxy) is 1. The van der Waals surface area contributed by atoms with Crippen molar-refractivity contribution in [1.29, 1.82) is 0 Å². The highest BCUT2D eigenvalue weighted by Crippen LogP contribution is 2.42. The van der Waals surface area contributed by atoms with Crippen LogP contribution in [0.25, 0.3) is 0 Å². The standard InChI is InChI=1S/C24H30ClFN2O3S/c1-27-15-18-12-17-13-23(26)24(31-9-8-28-32(29,30)20-6-3-7-20)14-22(17)21(18)11-16-4-2-5-19(25)10-16/h2,4-5,10,13-14,18,20-21,27-28H,3,6-9,11-12,15H2,1H3. The fourth-order valence-corrected chi connectivity index (χ4v) is 6.51. The summed E-state index contributed by atoms with van der Waals surface area (Å²) in [5.74, 6) is 0.332. The molecule has 0 aromatic heterocycles. The number of hydrogen-bond acceptors (Lipinski definition) is 4. The number of benzene rings is 2. The highest BCUT2D eigenvalue weighted by molar-refractivity contribution is 7.90. The lowest BCUT2D eigenvalue weighted by molar-refractivity contribution is 0.305. The second-order valence-corrected chi connectivity index (χ2v) is 11.3. The summed E-state index contributed by atoms with van der Waals surface area (Å²) in [6.07, 6.45) is 3.98. The molecule has 2 aromatic rings. The van der Waals surface area contributed by atoms with Crippen molar-refractivity contribution in [3.63, 3.8) is 0 Å². The van der Waals surface area contributed by atoms with E-state index in [1.807, 2.05) is 25.2 Å². The normalized spacial score (nSPS) is 20.7. The molecule has 0 amide bonds. The van der Waals surface area contributed by atoms with Crippen LogP contribution in [0.2, 0.25) is 5.02 Å². The van der Waals surface area contributed by atoms with Gasteiger partial charge in [-0.2, -0.15) is 0 Å². The minimum atomic E-state index is -3.30. The molecule has 5 nitrogen and oxygen atoms in total. The van der Waals surface area contributed by atoms with Crippen LogP contribution in [0.4, 0.5) is 4.39 Å². The molecular formula is C24H30ClFN2O3S. The van der Waals surface area contributed by atoms with Crippen LogP contribution >= 0.6 is 11.6 Å². The van der Waals surface area contributed by atoms with Crippen molar-refractivity contribution in [2.24, 2.45) is 5.92 Å². The quantitative estimate of drug-likeness (QED) is 0.503. The van der Waals surface area contributed by atoms with Gasteiger partial charge in [0, 0.05) is 11.6 Å². The van der Waals surface area contributed by atoms with Gasteiger partial charge < -0.3 is 10.1 Å². The topological polar surface area (TPSA) is 67.4 Å². The molecule has 32 heavy (non-hydrogen) atoms. The van der Waals surface area contributed by atoms with E-state index >= 15 is 0 Å². The summed E-state index contributed by atoms with van der Waals surface area (Å²) in [4.78, 5) is 0. The zero-order valence-electron chi connectivity index (χ0n) is 18.2. The van der Waals surface area contributed by atoms with Gasteiger partial charge >= 0.3 is 0 Å². The molecule has 0 spiro atoms. The Labute approximate surface area is 194 Å². The van der Waals surface area contributed by atoms with E-state index < -0.39 is 15.8 Å². The second kappa shape index (κ2) is 10.1. The minimum absolute atomic E-state index is 0.0839. The van der Waals surface area contributed by atoms with E-state index in [1.165, 1.54) is 0 Å². The van der Waals surface area contributed by atoms with Crippen LogP contribution < -0.4 is 14.8 Å². The van der Waals surface area contributed by atoms with Gasteiger partial charge in [0.05, 0.1) is 5.25 Å².